The SMILES string of the molecule is O=C1C=C(c2ccccc2)O/C1=C\c1cc(F)ccc1[N+](=O)[O-]. The standard InChI is InChI=1S/C17H10FNO4/c18-13-6-7-14(19(21)22)12(8-13)9-17-15(20)10-16(23-17)11-4-2-1-3-5-11/h1-10H/b17-9-. The van der Waals surface area contributed by atoms with Crippen LogP contribution in [0.3, 0.4) is 0 Å². The maximum atomic E-state index is 13.3. The first kappa shape index (κ1) is 14.6. The van der Waals surface area contributed by atoms with E-state index < -0.39 is 16.5 Å². The molecule has 1 aliphatic heterocycles. The Kier molecular flexibility index (Phi) is 3.72. The summed E-state index contributed by atoms with van der Waals surface area (Å²) in [6, 6.07) is 12.0. The van der Waals surface area contributed by atoms with Gasteiger partial charge in [-0.3, -0.25) is 14.9 Å². The Morgan fingerprint density at radius 1 is 1.13 bits per heavy atom. The Hall–Kier alpha value is -3.28. The van der Waals surface area contributed by atoms with Gasteiger partial charge in [0.25, 0.3) is 5.69 Å². The fraction of sp³-hybridized carbons (Fsp3) is 0. The van der Waals surface area contributed by atoms with Crippen molar-refractivity contribution in [1.29, 1.82) is 0 Å². The number of hydrogen-bond acceptors (Lipinski definition) is 4. The molecule has 23 heavy (non-hydrogen) atoms. The molecule has 0 atom stereocenters. The number of ether oxygens (including phenoxy) is 1. The summed E-state index contributed by atoms with van der Waals surface area (Å²) in [4.78, 5) is 22.3. The maximum absolute atomic E-state index is 13.3. The Bertz CT molecular complexity index is 856. The number of carbonyl (C=O) groups excluding carboxylic acids is 1. The van der Waals surface area contributed by atoms with Gasteiger partial charge >= 0.3 is 0 Å². The number of nitro benzene ring substituents is 1. The summed E-state index contributed by atoms with van der Waals surface area (Å²) < 4.78 is 18.8. The first-order chi connectivity index (χ1) is 11.0. The summed E-state index contributed by atoms with van der Waals surface area (Å²) in [5.41, 5.74) is 0.377. The van der Waals surface area contributed by atoms with Crippen LogP contribution in [0, 0.1) is 15.9 Å². The van der Waals surface area contributed by atoms with Gasteiger partial charge < -0.3 is 4.74 Å². The highest BCUT2D eigenvalue weighted by Gasteiger charge is 2.23. The number of benzene rings is 2. The number of halogens is 1. The summed E-state index contributed by atoms with van der Waals surface area (Å²) in [6.45, 7) is 0. The minimum atomic E-state index is -0.642. The van der Waals surface area contributed by atoms with Crippen LogP contribution in [0.1, 0.15) is 11.1 Å². The summed E-state index contributed by atoms with van der Waals surface area (Å²) in [6.07, 6.45) is 2.47. The monoisotopic (exact) mass is 311 g/mol. The average Bonchev–Trinajstić information content (AvgIpc) is 2.89. The highest BCUT2D eigenvalue weighted by Crippen LogP contribution is 2.30. The molecular weight excluding hydrogens is 301 g/mol. The molecule has 2 aromatic rings. The highest BCUT2D eigenvalue weighted by atomic mass is 19.1. The van der Waals surface area contributed by atoms with Crippen LogP contribution in [0.5, 0.6) is 0 Å². The zero-order valence-corrected chi connectivity index (χ0v) is 11.7. The summed E-state index contributed by atoms with van der Waals surface area (Å²) in [5.74, 6) is -0.801. The topological polar surface area (TPSA) is 69.4 Å². The largest absolute Gasteiger partial charge is 0.452 e. The van der Waals surface area contributed by atoms with Crippen molar-refractivity contribution in [2.45, 2.75) is 0 Å². The van der Waals surface area contributed by atoms with Gasteiger partial charge in [0.15, 0.2) is 5.76 Å². The number of hydrogen-bond donors (Lipinski definition) is 0. The lowest BCUT2D eigenvalue weighted by atomic mass is 10.1. The minimum absolute atomic E-state index is 0.0268. The average molecular weight is 311 g/mol. The van der Waals surface area contributed by atoms with Gasteiger partial charge in [-0.25, -0.2) is 4.39 Å². The number of allylic oxidation sites excluding steroid dienone is 1. The number of nitrogens with zero attached hydrogens (tertiary/aromatic N) is 1. The summed E-state index contributed by atoms with van der Waals surface area (Å²) in [7, 11) is 0. The highest BCUT2D eigenvalue weighted by molar-refractivity contribution is 6.12. The molecule has 0 spiro atoms. The molecule has 0 amide bonds. The van der Waals surface area contributed by atoms with Crippen molar-refractivity contribution in [3.8, 4) is 0 Å². The molecule has 6 heteroatoms. The lowest BCUT2D eigenvalue weighted by molar-refractivity contribution is -0.385. The fourth-order valence-electron chi connectivity index (χ4n) is 2.18. The van der Waals surface area contributed by atoms with Crippen LogP contribution in [-0.4, -0.2) is 10.7 Å². The molecule has 2 aromatic carbocycles. The van der Waals surface area contributed by atoms with Gasteiger partial charge in [-0.2, -0.15) is 0 Å². The van der Waals surface area contributed by atoms with Crippen LogP contribution in [0.15, 0.2) is 60.4 Å². The molecule has 0 fully saturated rings. The normalized spacial score (nSPS) is 15.4. The number of carbonyl (C=O) groups is 1. The van der Waals surface area contributed by atoms with Crippen LogP contribution in [-0.2, 0) is 9.53 Å². The van der Waals surface area contributed by atoms with Crippen molar-refractivity contribution in [3.63, 3.8) is 0 Å². The van der Waals surface area contributed by atoms with Crippen LogP contribution < -0.4 is 0 Å². The van der Waals surface area contributed by atoms with Crippen molar-refractivity contribution in [3.05, 3.63) is 87.4 Å². The molecular formula is C17H10FNO4. The third kappa shape index (κ3) is 3.01. The van der Waals surface area contributed by atoms with E-state index in [9.17, 15) is 19.3 Å². The smallest absolute Gasteiger partial charge is 0.276 e. The Labute approximate surface area is 130 Å². The van der Waals surface area contributed by atoms with Gasteiger partial charge in [0, 0.05) is 17.7 Å². The lowest BCUT2D eigenvalue weighted by Crippen LogP contribution is -1.97. The van der Waals surface area contributed by atoms with Crippen LogP contribution in [0.2, 0.25) is 0 Å². The molecule has 0 bridgehead atoms. The van der Waals surface area contributed by atoms with Crippen molar-refractivity contribution in [2.75, 3.05) is 0 Å². The minimum Gasteiger partial charge on any atom is -0.452 e. The number of ketones is 1. The van der Waals surface area contributed by atoms with E-state index in [2.05, 4.69) is 0 Å². The summed E-state index contributed by atoms with van der Waals surface area (Å²) in [5, 5.41) is 11.0. The van der Waals surface area contributed by atoms with Gasteiger partial charge in [-0.05, 0) is 18.2 Å². The molecule has 0 N–H and O–H groups in total. The van der Waals surface area contributed by atoms with E-state index in [-0.39, 0.29) is 17.0 Å². The second-order valence-electron chi connectivity index (χ2n) is 4.81. The van der Waals surface area contributed by atoms with Crippen LogP contribution in [0.4, 0.5) is 10.1 Å². The van der Waals surface area contributed by atoms with E-state index in [0.29, 0.717) is 11.3 Å². The van der Waals surface area contributed by atoms with Gasteiger partial charge in [0.1, 0.15) is 11.6 Å². The van der Waals surface area contributed by atoms with E-state index >= 15 is 0 Å². The maximum Gasteiger partial charge on any atom is 0.276 e. The quantitative estimate of drug-likeness (QED) is 0.492. The zero-order valence-electron chi connectivity index (χ0n) is 11.7. The van der Waals surface area contributed by atoms with Crippen LogP contribution >= 0.6 is 0 Å². The second kappa shape index (κ2) is 5.84. The molecule has 0 aromatic heterocycles. The third-order valence-electron chi connectivity index (χ3n) is 3.26. The molecule has 114 valence electrons. The Morgan fingerprint density at radius 2 is 1.87 bits per heavy atom. The first-order valence-electron chi connectivity index (χ1n) is 6.69. The van der Waals surface area contributed by atoms with Gasteiger partial charge in [-0.15, -0.1) is 0 Å². The van der Waals surface area contributed by atoms with Gasteiger partial charge in [-0.1, -0.05) is 30.3 Å². The van der Waals surface area contributed by atoms with Gasteiger partial charge in [0.2, 0.25) is 5.78 Å². The van der Waals surface area contributed by atoms with Gasteiger partial charge in [0.05, 0.1) is 10.5 Å². The van der Waals surface area contributed by atoms with Crippen molar-refractivity contribution in [1.82, 2.24) is 0 Å². The number of rotatable bonds is 3. The van der Waals surface area contributed by atoms with E-state index in [4.69, 9.17) is 4.74 Å². The molecule has 1 aliphatic rings. The van der Waals surface area contributed by atoms with E-state index in [1.54, 1.807) is 24.3 Å². The Balaban J connectivity index is 1.96. The van der Waals surface area contributed by atoms with E-state index in [0.717, 1.165) is 18.2 Å². The van der Waals surface area contributed by atoms with Crippen molar-refractivity contribution < 1.29 is 18.8 Å². The predicted molar refractivity (Wildman–Crippen MR) is 81.5 cm³/mol. The molecule has 0 saturated carbocycles. The molecule has 3 rings (SSSR count). The van der Waals surface area contributed by atoms with E-state index in [1.165, 1.54) is 12.2 Å². The van der Waals surface area contributed by atoms with Crippen LogP contribution in [0.25, 0.3) is 11.8 Å². The molecule has 5 nitrogen and oxygen atoms in total. The Morgan fingerprint density at radius 3 is 2.57 bits per heavy atom. The molecule has 0 aliphatic carbocycles. The molecule has 0 saturated heterocycles. The molecule has 0 radical (unpaired) electrons. The summed E-state index contributed by atoms with van der Waals surface area (Å²) >= 11 is 0. The second-order valence-corrected chi connectivity index (χ2v) is 4.81. The number of nitro groups is 1. The predicted octanol–water partition coefficient (Wildman–Crippen LogP) is 3.72. The molecule has 0 unspecified atom stereocenters. The fourth-order valence-corrected chi connectivity index (χ4v) is 2.18. The van der Waals surface area contributed by atoms with Crippen molar-refractivity contribution in [2.24, 2.45) is 0 Å². The third-order valence-corrected chi connectivity index (χ3v) is 3.26. The van der Waals surface area contributed by atoms with Crippen molar-refractivity contribution >= 4 is 23.3 Å². The van der Waals surface area contributed by atoms with E-state index in [1.807, 2.05) is 6.07 Å². The lowest BCUT2D eigenvalue weighted by Gasteiger charge is -2.04. The molecule has 1 heterocycles. The first-order valence-corrected chi connectivity index (χ1v) is 6.69. The zero-order chi connectivity index (χ0) is 16.4.